The quantitative estimate of drug-likeness (QED) is 0.0710. The topological polar surface area (TPSA) is 257 Å². The smallest absolute Gasteiger partial charge is 0.305 e. The molecule has 0 aliphatic carbocycles. The maximum absolute atomic E-state index is 12.6. The fourth-order valence-electron chi connectivity index (χ4n) is 6.40. The van der Waals surface area contributed by atoms with Crippen molar-refractivity contribution in [2.75, 3.05) is 21.3 Å². The SMILES string of the molecule is N=C(N)c1ccc(NC(=O)c2ccc3c(c2)N[C@@H](CC(=O)O)CCC3)cc1.N=C(N)c1ccc(NC(=O)c2ccc3c(c2)N[C@H](CC(=O)O)CCC3)cc1. The monoisotopic (exact) mass is 732 g/mol. The Labute approximate surface area is 312 Å². The lowest BCUT2D eigenvalue weighted by Gasteiger charge is -2.17. The molecule has 2 atom stereocenters. The van der Waals surface area contributed by atoms with Gasteiger partial charge in [-0.15, -0.1) is 0 Å². The normalized spacial score (nSPS) is 15.8. The van der Waals surface area contributed by atoms with Gasteiger partial charge in [0.15, 0.2) is 0 Å². The third-order valence-corrected chi connectivity index (χ3v) is 9.21. The van der Waals surface area contributed by atoms with Crippen LogP contribution >= 0.6 is 0 Å². The molecule has 0 bridgehead atoms. The summed E-state index contributed by atoms with van der Waals surface area (Å²) < 4.78 is 0. The number of hydrogen-bond donors (Lipinski definition) is 10. The summed E-state index contributed by atoms with van der Waals surface area (Å²) in [5, 5.41) is 45.0. The van der Waals surface area contributed by atoms with E-state index in [9.17, 15) is 19.2 Å². The minimum atomic E-state index is -0.834. The molecule has 0 aromatic heterocycles. The molecule has 0 fully saturated rings. The maximum atomic E-state index is 12.6. The van der Waals surface area contributed by atoms with E-state index >= 15 is 0 Å². The van der Waals surface area contributed by atoms with Crippen LogP contribution in [0.3, 0.4) is 0 Å². The number of aryl methyl sites for hydroxylation is 2. The van der Waals surface area contributed by atoms with E-state index in [2.05, 4.69) is 21.3 Å². The van der Waals surface area contributed by atoms with Crippen LogP contribution in [0.5, 0.6) is 0 Å². The van der Waals surface area contributed by atoms with E-state index in [0.717, 1.165) is 61.0 Å². The Morgan fingerprint density at radius 1 is 0.593 bits per heavy atom. The molecule has 4 aromatic rings. The van der Waals surface area contributed by atoms with Crippen molar-refractivity contribution >= 4 is 58.2 Å². The molecule has 280 valence electrons. The van der Waals surface area contributed by atoms with Crippen LogP contribution in [0.4, 0.5) is 22.7 Å². The van der Waals surface area contributed by atoms with Crippen LogP contribution < -0.4 is 32.7 Å². The number of rotatable bonds is 10. The van der Waals surface area contributed by atoms with Crippen LogP contribution in [-0.2, 0) is 22.4 Å². The predicted octanol–water partition coefficient (Wildman–Crippen LogP) is 5.63. The summed E-state index contributed by atoms with van der Waals surface area (Å²) in [6.07, 6.45) is 5.20. The number of nitrogens with one attached hydrogen (secondary N) is 6. The Morgan fingerprint density at radius 2 is 0.944 bits per heavy atom. The van der Waals surface area contributed by atoms with E-state index in [4.69, 9.17) is 32.5 Å². The van der Waals surface area contributed by atoms with Gasteiger partial charge in [-0.1, -0.05) is 12.1 Å². The summed E-state index contributed by atoms with van der Waals surface area (Å²) in [5.41, 5.74) is 18.0. The zero-order valence-electron chi connectivity index (χ0n) is 29.6. The van der Waals surface area contributed by atoms with Gasteiger partial charge >= 0.3 is 11.9 Å². The minimum absolute atomic E-state index is 0.0272. The Balaban J connectivity index is 0.000000208. The van der Waals surface area contributed by atoms with Gasteiger partial charge in [-0.25, -0.2) is 0 Å². The van der Waals surface area contributed by atoms with Gasteiger partial charge in [-0.2, -0.15) is 0 Å². The number of anilines is 4. The summed E-state index contributed by atoms with van der Waals surface area (Å²) in [6.45, 7) is 0. The molecule has 0 saturated heterocycles. The number of fused-ring (bicyclic) bond motifs is 2. The van der Waals surface area contributed by atoms with Gasteiger partial charge in [0.1, 0.15) is 11.7 Å². The third-order valence-electron chi connectivity index (χ3n) is 9.21. The Bertz CT molecular complexity index is 1900. The molecule has 0 saturated carbocycles. The van der Waals surface area contributed by atoms with Gasteiger partial charge < -0.3 is 42.9 Å². The molecule has 2 aliphatic heterocycles. The van der Waals surface area contributed by atoms with E-state index in [0.29, 0.717) is 33.6 Å². The second kappa shape index (κ2) is 17.7. The molecule has 2 heterocycles. The highest BCUT2D eigenvalue weighted by Gasteiger charge is 2.21. The summed E-state index contributed by atoms with van der Waals surface area (Å²) in [7, 11) is 0. The van der Waals surface area contributed by atoms with Crippen LogP contribution in [0.15, 0.2) is 84.9 Å². The zero-order valence-corrected chi connectivity index (χ0v) is 29.6. The molecule has 54 heavy (non-hydrogen) atoms. The van der Waals surface area contributed by atoms with Crippen LogP contribution in [0.2, 0.25) is 0 Å². The fourth-order valence-corrected chi connectivity index (χ4v) is 6.40. The Morgan fingerprint density at radius 3 is 1.28 bits per heavy atom. The first-order valence-electron chi connectivity index (χ1n) is 17.6. The number of amidine groups is 2. The summed E-state index contributed by atoms with van der Waals surface area (Å²) in [4.78, 5) is 47.1. The molecule has 12 N–H and O–H groups in total. The lowest BCUT2D eigenvalue weighted by atomic mass is 10.0. The molecular weight excluding hydrogens is 688 g/mol. The highest BCUT2D eigenvalue weighted by Crippen LogP contribution is 2.28. The molecule has 0 spiro atoms. The minimum Gasteiger partial charge on any atom is -0.481 e. The standard InChI is InChI=1S/2C20H22N4O3/c2*21-19(22)13-6-8-15(9-7-13)24-20(27)14-5-4-12-2-1-3-16(11-18(25)26)23-17(12)10-14/h2*4-10,16,23H,1-3,11H2,(H3,21,22)(H,24,27)(H,25,26)/t2*16-/m10/s1. The number of carboxylic acids is 2. The largest absolute Gasteiger partial charge is 0.481 e. The predicted molar refractivity (Wildman–Crippen MR) is 209 cm³/mol. The van der Waals surface area contributed by atoms with Gasteiger partial charge in [0, 0.05) is 57.1 Å². The van der Waals surface area contributed by atoms with Crippen molar-refractivity contribution < 1.29 is 29.4 Å². The number of aliphatic carboxylic acids is 2. The highest BCUT2D eigenvalue weighted by molar-refractivity contribution is 6.06. The number of benzene rings is 4. The van der Waals surface area contributed by atoms with E-state index in [-0.39, 0.29) is 48.4 Å². The second-order valence-electron chi connectivity index (χ2n) is 13.3. The average Bonchev–Trinajstić information content (AvgIpc) is 3.46. The Kier molecular flexibility index (Phi) is 12.6. The van der Waals surface area contributed by atoms with Crippen LogP contribution in [-0.4, -0.2) is 57.7 Å². The van der Waals surface area contributed by atoms with Crippen LogP contribution in [0.25, 0.3) is 0 Å². The van der Waals surface area contributed by atoms with Crippen molar-refractivity contribution in [3.63, 3.8) is 0 Å². The van der Waals surface area contributed by atoms with E-state index in [1.54, 1.807) is 72.8 Å². The number of carboxylic acid groups (broad SMARTS) is 2. The van der Waals surface area contributed by atoms with Gasteiger partial charge in [0.05, 0.1) is 12.8 Å². The molecule has 0 unspecified atom stereocenters. The van der Waals surface area contributed by atoms with Crippen molar-refractivity contribution in [2.24, 2.45) is 11.5 Å². The van der Waals surface area contributed by atoms with Crippen molar-refractivity contribution in [3.05, 3.63) is 118 Å². The molecule has 2 aliphatic rings. The fraction of sp³-hybridized carbons (Fsp3) is 0.250. The average molecular weight is 733 g/mol. The first-order chi connectivity index (χ1) is 25.8. The van der Waals surface area contributed by atoms with Crippen LogP contribution in [0.1, 0.15) is 81.5 Å². The highest BCUT2D eigenvalue weighted by atomic mass is 16.4. The van der Waals surface area contributed by atoms with Crippen molar-refractivity contribution in [1.29, 1.82) is 10.8 Å². The molecular formula is C40H44N8O6. The van der Waals surface area contributed by atoms with E-state index < -0.39 is 11.9 Å². The molecule has 0 radical (unpaired) electrons. The van der Waals surface area contributed by atoms with E-state index in [1.165, 1.54) is 0 Å². The second-order valence-corrected chi connectivity index (χ2v) is 13.3. The molecule has 6 rings (SSSR count). The number of nitrogen functional groups attached to an aromatic ring is 2. The first-order valence-corrected chi connectivity index (χ1v) is 17.6. The number of carbonyl (C=O) groups is 4. The lowest BCUT2D eigenvalue weighted by molar-refractivity contribution is -0.138. The summed E-state index contributed by atoms with van der Waals surface area (Å²) >= 11 is 0. The molecule has 2 amide bonds. The summed E-state index contributed by atoms with van der Waals surface area (Å²) in [5.74, 6) is -2.23. The van der Waals surface area contributed by atoms with Gasteiger partial charge in [-0.05, 0) is 122 Å². The van der Waals surface area contributed by atoms with Crippen LogP contribution in [0, 0.1) is 10.8 Å². The van der Waals surface area contributed by atoms with Crippen molar-refractivity contribution in [1.82, 2.24) is 0 Å². The van der Waals surface area contributed by atoms with Crippen molar-refractivity contribution in [2.45, 2.75) is 63.5 Å². The molecule has 14 heteroatoms. The first kappa shape index (κ1) is 38.5. The number of hydrogen-bond acceptors (Lipinski definition) is 8. The third kappa shape index (κ3) is 10.7. The van der Waals surface area contributed by atoms with Gasteiger partial charge in [0.2, 0.25) is 0 Å². The maximum Gasteiger partial charge on any atom is 0.305 e. The Hall–Kier alpha value is -6.70. The van der Waals surface area contributed by atoms with Gasteiger partial charge in [-0.3, -0.25) is 30.0 Å². The number of amides is 2. The summed E-state index contributed by atoms with van der Waals surface area (Å²) in [6, 6.07) is 24.1. The molecule has 4 aromatic carbocycles. The van der Waals surface area contributed by atoms with Gasteiger partial charge in [0.25, 0.3) is 11.8 Å². The lowest BCUT2D eigenvalue weighted by Crippen LogP contribution is -2.22. The number of carbonyl (C=O) groups excluding carboxylic acids is 2. The van der Waals surface area contributed by atoms with E-state index in [1.807, 2.05) is 12.1 Å². The number of nitrogens with two attached hydrogens (primary N) is 2. The van der Waals surface area contributed by atoms with Crippen molar-refractivity contribution in [3.8, 4) is 0 Å². The molecule has 14 nitrogen and oxygen atoms in total. The zero-order chi connectivity index (χ0) is 38.8.